The van der Waals surface area contributed by atoms with Crippen LogP contribution in [-0.2, 0) is 4.74 Å². The van der Waals surface area contributed by atoms with Gasteiger partial charge < -0.3 is 25.6 Å². The molecule has 0 atom stereocenters. The van der Waals surface area contributed by atoms with Gasteiger partial charge in [0.25, 0.3) is 5.91 Å². The summed E-state index contributed by atoms with van der Waals surface area (Å²) in [6.45, 7) is 4.94. The van der Waals surface area contributed by atoms with E-state index in [2.05, 4.69) is 27.8 Å². The fourth-order valence-corrected chi connectivity index (χ4v) is 4.30. The van der Waals surface area contributed by atoms with Gasteiger partial charge in [0, 0.05) is 43.5 Å². The summed E-state index contributed by atoms with van der Waals surface area (Å²) < 4.78 is 5.06. The number of ether oxygens (including phenoxy) is 1. The number of piperidine rings is 1. The zero-order valence-electron chi connectivity index (χ0n) is 19.8. The van der Waals surface area contributed by atoms with Crippen LogP contribution in [0.3, 0.4) is 0 Å². The normalized spacial score (nSPS) is 14.1. The van der Waals surface area contributed by atoms with Crippen molar-refractivity contribution in [3.63, 3.8) is 0 Å². The molecule has 0 radical (unpaired) electrons. The van der Waals surface area contributed by atoms with Gasteiger partial charge >= 0.3 is 6.03 Å². The van der Waals surface area contributed by atoms with Crippen molar-refractivity contribution in [1.82, 2.24) is 5.32 Å². The van der Waals surface area contributed by atoms with Crippen molar-refractivity contribution >= 4 is 39.8 Å². The van der Waals surface area contributed by atoms with Gasteiger partial charge in [-0.3, -0.25) is 4.79 Å². The highest BCUT2D eigenvalue weighted by atomic mass is 16.5. The summed E-state index contributed by atoms with van der Waals surface area (Å²) in [6, 6.07) is 18.8. The molecule has 0 bridgehead atoms. The van der Waals surface area contributed by atoms with E-state index in [0.717, 1.165) is 48.1 Å². The van der Waals surface area contributed by atoms with Gasteiger partial charge in [0.15, 0.2) is 0 Å². The smallest absolute Gasteiger partial charge is 0.323 e. The van der Waals surface area contributed by atoms with Crippen molar-refractivity contribution in [1.29, 1.82) is 0 Å². The Labute approximate surface area is 200 Å². The number of amides is 3. The van der Waals surface area contributed by atoms with Crippen molar-refractivity contribution in [2.24, 2.45) is 5.92 Å². The minimum absolute atomic E-state index is 0.177. The van der Waals surface area contributed by atoms with E-state index in [1.165, 1.54) is 0 Å². The Balaban J connectivity index is 1.53. The number of hydrogen-bond acceptors (Lipinski definition) is 4. The lowest BCUT2D eigenvalue weighted by Crippen LogP contribution is -2.35. The molecule has 0 unspecified atom stereocenters. The van der Waals surface area contributed by atoms with Crippen LogP contribution in [0, 0.1) is 5.92 Å². The maximum Gasteiger partial charge on any atom is 0.323 e. The number of fused-ring (bicyclic) bond motifs is 1. The third-order valence-corrected chi connectivity index (χ3v) is 6.25. The molecule has 0 aromatic heterocycles. The van der Waals surface area contributed by atoms with E-state index < -0.39 is 0 Å². The molecule has 3 amide bonds. The first kappa shape index (κ1) is 23.6. The van der Waals surface area contributed by atoms with Gasteiger partial charge in [-0.25, -0.2) is 4.79 Å². The molecule has 1 saturated heterocycles. The molecule has 3 aromatic carbocycles. The summed E-state index contributed by atoms with van der Waals surface area (Å²) in [5.74, 6) is 0.512. The Bertz CT molecular complexity index is 1150. The van der Waals surface area contributed by atoms with Crippen molar-refractivity contribution in [2.45, 2.75) is 19.8 Å². The van der Waals surface area contributed by atoms with Gasteiger partial charge in [-0.15, -0.1) is 0 Å². The Hall–Kier alpha value is -3.58. The van der Waals surface area contributed by atoms with Gasteiger partial charge in [-0.05, 0) is 48.4 Å². The Morgan fingerprint density at radius 3 is 2.56 bits per heavy atom. The average Bonchev–Trinajstić information content (AvgIpc) is 2.85. The second-order valence-electron chi connectivity index (χ2n) is 8.76. The molecule has 178 valence electrons. The highest BCUT2D eigenvalue weighted by Crippen LogP contribution is 2.29. The molecule has 1 aliphatic rings. The molecule has 3 N–H and O–H groups in total. The number of carbonyl (C=O) groups excluding carboxylic acids is 2. The fourth-order valence-electron chi connectivity index (χ4n) is 4.30. The van der Waals surface area contributed by atoms with E-state index in [1.807, 2.05) is 54.6 Å². The lowest BCUT2D eigenvalue weighted by molar-refractivity contribution is 0.0937. The Kier molecular flexibility index (Phi) is 7.65. The minimum Gasteiger partial charge on any atom is -0.383 e. The number of anilines is 3. The lowest BCUT2D eigenvalue weighted by atomic mass is 9.98. The van der Waals surface area contributed by atoms with Crippen molar-refractivity contribution < 1.29 is 14.3 Å². The molecule has 34 heavy (non-hydrogen) atoms. The third kappa shape index (κ3) is 5.66. The first-order chi connectivity index (χ1) is 16.5. The summed E-state index contributed by atoms with van der Waals surface area (Å²) in [5.41, 5.74) is 2.73. The maximum absolute atomic E-state index is 13.0. The maximum atomic E-state index is 13.0. The van der Waals surface area contributed by atoms with Gasteiger partial charge in [0.2, 0.25) is 0 Å². The van der Waals surface area contributed by atoms with Crippen LogP contribution in [0.4, 0.5) is 21.9 Å². The summed E-state index contributed by atoms with van der Waals surface area (Å²) >= 11 is 0. The molecule has 4 rings (SSSR count). The number of urea groups is 1. The highest BCUT2D eigenvalue weighted by Gasteiger charge is 2.22. The average molecular weight is 461 g/mol. The standard InChI is InChI=1S/C27H32N4O3/c1-19-12-15-31(16-13-19)25-11-10-21(18-23(25)26(32)28-14-17-34-2)29-27(33)30-24-9-5-7-20-6-3-4-8-22(20)24/h3-11,18-19H,12-17H2,1-2H3,(H,28,32)(H2,29,30,33). The first-order valence-electron chi connectivity index (χ1n) is 11.8. The molecule has 7 heteroatoms. The summed E-state index contributed by atoms with van der Waals surface area (Å²) in [4.78, 5) is 28.0. The topological polar surface area (TPSA) is 82.7 Å². The molecule has 3 aromatic rings. The molecule has 1 fully saturated rings. The lowest BCUT2D eigenvalue weighted by Gasteiger charge is -2.33. The number of carbonyl (C=O) groups is 2. The molecular weight excluding hydrogens is 428 g/mol. The monoisotopic (exact) mass is 460 g/mol. The number of benzene rings is 3. The molecule has 0 saturated carbocycles. The first-order valence-corrected chi connectivity index (χ1v) is 11.8. The summed E-state index contributed by atoms with van der Waals surface area (Å²) in [7, 11) is 1.60. The Morgan fingerprint density at radius 2 is 1.76 bits per heavy atom. The number of nitrogens with zero attached hydrogens (tertiary/aromatic N) is 1. The largest absolute Gasteiger partial charge is 0.383 e. The molecule has 7 nitrogen and oxygen atoms in total. The SMILES string of the molecule is COCCNC(=O)c1cc(NC(=O)Nc2cccc3ccccc23)ccc1N1CCC(C)CC1. The number of methoxy groups -OCH3 is 1. The van der Waals surface area contributed by atoms with Crippen LogP contribution in [0.2, 0.25) is 0 Å². The van der Waals surface area contributed by atoms with Gasteiger partial charge in [-0.2, -0.15) is 0 Å². The molecule has 0 spiro atoms. The summed E-state index contributed by atoms with van der Waals surface area (Å²) in [5, 5.41) is 10.7. The van der Waals surface area contributed by atoms with Crippen LogP contribution in [0.1, 0.15) is 30.1 Å². The van der Waals surface area contributed by atoms with Crippen LogP contribution in [-0.4, -0.2) is 45.3 Å². The van der Waals surface area contributed by atoms with E-state index in [9.17, 15) is 9.59 Å². The molecule has 1 aliphatic heterocycles. The van der Waals surface area contributed by atoms with E-state index in [1.54, 1.807) is 13.2 Å². The van der Waals surface area contributed by atoms with E-state index >= 15 is 0 Å². The van der Waals surface area contributed by atoms with Crippen LogP contribution in [0.15, 0.2) is 60.7 Å². The van der Waals surface area contributed by atoms with Crippen LogP contribution in [0.25, 0.3) is 10.8 Å². The predicted octanol–water partition coefficient (Wildman–Crippen LogP) is 5.10. The van der Waals surface area contributed by atoms with Crippen LogP contribution < -0.4 is 20.9 Å². The predicted molar refractivity (Wildman–Crippen MR) is 138 cm³/mol. The van der Waals surface area contributed by atoms with Gasteiger partial charge in [0.05, 0.1) is 17.9 Å². The zero-order chi connectivity index (χ0) is 23.9. The second kappa shape index (κ2) is 11.0. The fraction of sp³-hybridized carbons (Fsp3) is 0.333. The quantitative estimate of drug-likeness (QED) is 0.429. The number of nitrogens with one attached hydrogen (secondary N) is 3. The van der Waals surface area contributed by atoms with Crippen LogP contribution in [0.5, 0.6) is 0 Å². The van der Waals surface area contributed by atoms with Gasteiger partial charge in [0.1, 0.15) is 0 Å². The number of rotatable bonds is 7. The highest BCUT2D eigenvalue weighted by molar-refractivity contribution is 6.07. The van der Waals surface area contributed by atoms with Crippen molar-refractivity contribution in [3.05, 3.63) is 66.2 Å². The van der Waals surface area contributed by atoms with E-state index in [0.29, 0.717) is 30.3 Å². The van der Waals surface area contributed by atoms with E-state index in [4.69, 9.17) is 4.74 Å². The minimum atomic E-state index is -0.360. The van der Waals surface area contributed by atoms with Gasteiger partial charge in [-0.1, -0.05) is 43.3 Å². The van der Waals surface area contributed by atoms with Crippen LogP contribution >= 0.6 is 0 Å². The van der Waals surface area contributed by atoms with Crippen molar-refractivity contribution in [3.8, 4) is 0 Å². The van der Waals surface area contributed by atoms with Crippen molar-refractivity contribution in [2.75, 3.05) is 48.9 Å². The van der Waals surface area contributed by atoms with E-state index in [-0.39, 0.29) is 11.9 Å². The molecular formula is C27H32N4O3. The zero-order valence-corrected chi connectivity index (χ0v) is 19.8. The Morgan fingerprint density at radius 1 is 1.00 bits per heavy atom. The third-order valence-electron chi connectivity index (χ3n) is 6.25. The second-order valence-corrected chi connectivity index (χ2v) is 8.76. The summed E-state index contributed by atoms with van der Waals surface area (Å²) in [6.07, 6.45) is 2.19. The number of hydrogen-bond donors (Lipinski definition) is 3. The molecule has 1 heterocycles. The molecule has 0 aliphatic carbocycles.